The molecule has 1 aliphatic rings. The highest BCUT2D eigenvalue weighted by molar-refractivity contribution is 7.89. The van der Waals surface area contributed by atoms with Gasteiger partial charge in [0.25, 0.3) is 0 Å². The van der Waals surface area contributed by atoms with Crippen molar-refractivity contribution >= 4 is 21.8 Å². The van der Waals surface area contributed by atoms with Crippen molar-refractivity contribution in [2.24, 2.45) is 5.92 Å². The lowest BCUT2D eigenvalue weighted by Crippen LogP contribution is -2.44. The zero-order valence-electron chi connectivity index (χ0n) is 12.5. The molecule has 0 aliphatic carbocycles. The minimum Gasteiger partial charge on any atom is -0.338 e. The van der Waals surface area contributed by atoms with Crippen molar-refractivity contribution in [1.82, 2.24) is 9.46 Å². The maximum atomic E-state index is 12.3. The highest BCUT2D eigenvalue weighted by Gasteiger charge is 2.32. The number of nitrogens with zero attached hydrogens (tertiary/aromatic N) is 2. The van der Waals surface area contributed by atoms with Crippen molar-refractivity contribution in [1.29, 1.82) is 0 Å². The maximum absolute atomic E-state index is 12.3. The predicted molar refractivity (Wildman–Crippen MR) is 78.4 cm³/mol. The van der Waals surface area contributed by atoms with Crippen LogP contribution in [0.1, 0.15) is 31.0 Å². The first-order chi connectivity index (χ1) is 9.85. The Balaban J connectivity index is 2.04. The Labute approximate surface area is 124 Å². The Bertz CT molecular complexity index is 623. The zero-order valence-corrected chi connectivity index (χ0v) is 13.4. The van der Waals surface area contributed by atoms with Crippen LogP contribution in [0.15, 0.2) is 4.52 Å². The molecule has 1 unspecified atom stereocenters. The first kappa shape index (κ1) is 16.0. The van der Waals surface area contributed by atoms with Gasteiger partial charge in [-0.15, -0.1) is 0 Å². The molecule has 118 valence electrons. The number of sulfonamides is 1. The second kappa shape index (κ2) is 6.15. The normalized spacial score (nSPS) is 20.4. The van der Waals surface area contributed by atoms with Crippen molar-refractivity contribution in [3.8, 4) is 0 Å². The Kier molecular flexibility index (Phi) is 4.67. The summed E-state index contributed by atoms with van der Waals surface area (Å²) in [5.41, 5.74) is 1.52. The van der Waals surface area contributed by atoms with E-state index in [1.165, 1.54) is 4.31 Å². The van der Waals surface area contributed by atoms with Gasteiger partial charge in [0, 0.05) is 18.7 Å². The van der Waals surface area contributed by atoms with Gasteiger partial charge in [0.2, 0.25) is 21.8 Å². The number of carbonyl (C=O) groups excluding carboxylic acids is 1. The van der Waals surface area contributed by atoms with Gasteiger partial charge in [-0.3, -0.25) is 10.1 Å². The third-order valence-corrected chi connectivity index (χ3v) is 5.76. The van der Waals surface area contributed by atoms with Crippen LogP contribution < -0.4 is 5.32 Å². The van der Waals surface area contributed by atoms with Gasteiger partial charge in [0.15, 0.2) is 0 Å². The molecule has 1 N–H and O–H groups in total. The zero-order chi connectivity index (χ0) is 15.6. The lowest BCUT2D eigenvalue weighted by atomic mass is 9.99. The minimum atomic E-state index is -3.25. The van der Waals surface area contributed by atoms with Crippen LogP contribution in [0.3, 0.4) is 0 Å². The van der Waals surface area contributed by atoms with Gasteiger partial charge >= 0.3 is 0 Å². The van der Waals surface area contributed by atoms with Gasteiger partial charge in [-0.05, 0) is 33.6 Å². The molecule has 0 saturated carbocycles. The molecule has 8 heteroatoms. The Morgan fingerprint density at radius 3 is 2.76 bits per heavy atom. The fraction of sp³-hybridized carbons (Fsp3) is 0.692. The monoisotopic (exact) mass is 315 g/mol. The third-order valence-electron chi connectivity index (χ3n) is 3.91. The first-order valence-corrected chi connectivity index (χ1v) is 8.67. The number of aryl methyl sites for hydroxylation is 1. The van der Waals surface area contributed by atoms with Crippen LogP contribution in [-0.4, -0.2) is 42.6 Å². The van der Waals surface area contributed by atoms with Crippen LogP contribution in [0.2, 0.25) is 0 Å². The molecule has 2 heterocycles. The van der Waals surface area contributed by atoms with Gasteiger partial charge in [-0.2, -0.15) is 0 Å². The number of hydrogen-bond donors (Lipinski definition) is 1. The van der Waals surface area contributed by atoms with Crippen LogP contribution in [0.5, 0.6) is 0 Å². The van der Waals surface area contributed by atoms with Gasteiger partial charge in [-0.1, -0.05) is 5.16 Å². The van der Waals surface area contributed by atoms with Gasteiger partial charge in [0.1, 0.15) is 0 Å². The Hall–Kier alpha value is -1.41. The largest absolute Gasteiger partial charge is 0.338 e. The second-order valence-corrected chi connectivity index (χ2v) is 7.57. The first-order valence-electron chi connectivity index (χ1n) is 7.06. The van der Waals surface area contributed by atoms with E-state index in [1.807, 2.05) is 6.92 Å². The molecule has 1 aromatic rings. The minimum absolute atomic E-state index is 0.0573. The van der Waals surface area contributed by atoms with Crippen LogP contribution in [0.4, 0.5) is 5.88 Å². The van der Waals surface area contributed by atoms with Crippen LogP contribution in [0.25, 0.3) is 0 Å². The molecule has 1 saturated heterocycles. The van der Waals surface area contributed by atoms with Gasteiger partial charge < -0.3 is 4.52 Å². The van der Waals surface area contributed by atoms with E-state index in [0.29, 0.717) is 25.3 Å². The van der Waals surface area contributed by atoms with Crippen LogP contribution in [0, 0.1) is 19.8 Å². The molecule has 1 aromatic heterocycles. The number of aromatic nitrogens is 1. The summed E-state index contributed by atoms with van der Waals surface area (Å²) in [6, 6.07) is 0. The smallest absolute Gasteiger partial charge is 0.234 e. The quantitative estimate of drug-likeness (QED) is 0.904. The van der Waals surface area contributed by atoms with E-state index in [4.69, 9.17) is 4.52 Å². The van der Waals surface area contributed by atoms with Crippen LogP contribution in [-0.2, 0) is 14.8 Å². The highest BCUT2D eigenvalue weighted by atomic mass is 32.2. The number of nitrogens with one attached hydrogen (secondary N) is 1. The summed E-state index contributed by atoms with van der Waals surface area (Å²) in [5, 5.41) is 6.49. The standard InChI is InChI=1S/C13H21N3O4S/c1-4-21(18,19)16-7-5-6-11(8-16)12(17)14-13-9(2)10(3)15-20-13/h11H,4-8H2,1-3H3,(H,14,17). The van der Waals surface area contributed by atoms with E-state index >= 15 is 0 Å². The SMILES string of the molecule is CCS(=O)(=O)N1CCCC(C(=O)Nc2onc(C)c2C)C1. The van der Waals surface area contributed by atoms with Crippen molar-refractivity contribution < 1.29 is 17.7 Å². The number of rotatable bonds is 4. The molecule has 0 aromatic carbocycles. The molecule has 1 aliphatic heterocycles. The van der Waals surface area contributed by atoms with Gasteiger partial charge in [-0.25, -0.2) is 12.7 Å². The van der Waals surface area contributed by atoms with Gasteiger partial charge in [0.05, 0.1) is 17.4 Å². The van der Waals surface area contributed by atoms with E-state index in [-0.39, 0.29) is 24.1 Å². The van der Waals surface area contributed by atoms with E-state index in [1.54, 1.807) is 13.8 Å². The molecule has 0 spiro atoms. The van der Waals surface area contributed by atoms with E-state index in [2.05, 4.69) is 10.5 Å². The number of carbonyl (C=O) groups is 1. The number of hydrogen-bond acceptors (Lipinski definition) is 5. The fourth-order valence-corrected chi connectivity index (χ4v) is 3.52. The van der Waals surface area contributed by atoms with Crippen molar-refractivity contribution in [3.63, 3.8) is 0 Å². The topological polar surface area (TPSA) is 92.5 Å². The third kappa shape index (κ3) is 3.44. The average Bonchev–Trinajstić information content (AvgIpc) is 2.79. The highest BCUT2D eigenvalue weighted by Crippen LogP contribution is 2.23. The summed E-state index contributed by atoms with van der Waals surface area (Å²) in [7, 11) is -3.25. The summed E-state index contributed by atoms with van der Waals surface area (Å²) >= 11 is 0. The summed E-state index contributed by atoms with van der Waals surface area (Å²) in [4.78, 5) is 12.3. The molecule has 0 bridgehead atoms. The lowest BCUT2D eigenvalue weighted by Gasteiger charge is -2.30. The Morgan fingerprint density at radius 2 is 2.19 bits per heavy atom. The average molecular weight is 315 g/mol. The van der Waals surface area contributed by atoms with E-state index in [0.717, 1.165) is 11.3 Å². The summed E-state index contributed by atoms with van der Waals surface area (Å²) in [6.07, 6.45) is 1.36. The lowest BCUT2D eigenvalue weighted by molar-refractivity contribution is -0.121. The molecule has 1 fully saturated rings. The molecule has 0 radical (unpaired) electrons. The van der Waals surface area contributed by atoms with Crippen LogP contribution >= 0.6 is 0 Å². The van der Waals surface area contributed by atoms with Crippen molar-refractivity contribution in [3.05, 3.63) is 11.3 Å². The molecule has 1 atom stereocenters. The maximum Gasteiger partial charge on any atom is 0.234 e. The Morgan fingerprint density at radius 1 is 1.48 bits per heavy atom. The molecular formula is C13H21N3O4S. The van der Waals surface area contributed by atoms with Crippen molar-refractivity contribution in [2.45, 2.75) is 33.6 Å². The molecule has 21 heavy (non-hydrogen) atoms. The molecule has 1 amide bonds. The number of piperidine rings is 1. The summed E-state index contributed by atoms with van der Waals surface area (Å²) < 4.78 is 30.3. The summed E-state index contributed by atoms with van der Waals surface area (Å²) in [6.45, 7) is 5.94. The number of anilines is 1. The van der Waals surface area contributed by atoms with Crippen molar-refractivity contribution in [2.75, 3.05) is 24.2 Å². The predicted octanol–water partition coefficient (Wildman–Crippen LogP) is 1.29. The second-order valence-electron chi connectivity index (χ2n) is 5.31. The summed E-state index contributed by atoms with van der Waals surface area (Å²) in [5.74, 6) is -0.176. The molecule has 2 rings (SSSR count). The van der Waals surface area contributed by atoms with E-state index < -0.39 is 10.0 Å². The van der Waals surface area contributed by atoms with E-state index in [9.17, 15) is 13.2 Å². The molecule has 7 nitrogen and oxygen atoms in total. The fourth-order valence-electron chi connectivity index (χ4n) is 2.34. The molecular weight excluding hydrogens is 294 g/mol. The number of amides is 1.